The molecule has 0 saturated carbocycles. The van der Waals surface area contributed by atoms with Crippen LogP contribution in [-0.2, 0) is 16.1 Å². The zero-order chi connectivity index (χ0) is 18.7. The van der Waals surface area contributed by atoms with Gasteiger partial charge >= 0.3 is 0 Å². The molecule has 1 aliphatic rings. The highest BCUT2D eigenvalue weighted by atomic mass is 16.5. The number of aryl methyl sites for hydroxylation is 2. The van der Waals surface area contributed by atoms with E-state index >= 15 is 0 Å². The topological polar surface area (TPSA) is 58.6 Å². The number of carbonyl (C=O) groups is 2. The molecule has 0 bridgehead atoms. The van der Waals surface area contributed by atoms with Gasteiger partial charge in [0.2, 0.25) is 11.8 Å². The maximum atomic E-state index is 12.5. The van der Waals surface area contributed by atoms with E-state index in [0.717, 1.165) is 28.1 Å². The van der Waals surface area contributed by atoms with Crippen LogP contribution in [-0.4, -0.2) is 25.5 Å². The van der Waals surface area contributed by atoms with Crippen molar-refractivity contribution in [2.24, 2.45) is 5.92 Å². The summed E-state index contributed by atoms with van der Waals surface area (Å²) in [6.45, 7) is 4.86. The molecule has 1 atom stereocenters. The van der Waals surface area contributed by atoms with Crippen LogP contribution in [0.5, 0.6) is 5.75 Å². The van der Waals surface area contributed by atoms with Crippen molar-refractivity contribution in [2.75, 3.05) is 18.6 Å². The number of benzene rings is 2. The Labute approximate surface area is 154 Å². The van der Waals surface area contributed by atoms with E-state index in [1.54, 1.807) is 12.0 Å². The van der Waals surface area contributed by atoms with Gasteiger partial charge in [0.25, 0.3) is 0 Å². The van der Waals surface area contributed by atoms with Crippen LogP contribution in [0.3, 0.4) is 0 Å². The molecule has 26 heavy (non-hydrogen) atoms. The second kappa shape index (κ2) is 7.60. The van der Waals surface area contributed by atoms with Crippen LogP contribution < -0.4 is 15.0 Å². The number of anilines is 1. The van der Waals surface area contributed by atoms with E-state index in [1.807, 2.05) is 56.3 Å². The maximum Gasteiger partial charge on any atom is 0.227 e. The maximum absolute atomic E-state index is 12.5. The van der Waals surface area contributed by atoms with E-state index in [4.69, 9.17) is 4.74 Å². The van der Waals surface area contributed by atoms with Gasteiger partial charge in [0.1, 0.15) is 5.75 Å². The molecule has 1 N–H and O–H groups in total. The van der Waals surface area contributed by atoms with Crippen LogP contribution in [0.2, 0.25) is 0 Å². The van der Waals surface area contributed by atoms with Gasteiger partial charge in [0.05, 0.1) is 13.0 Å². The number of methoxy groups -OCH3 is 1. The predicted molar refractivity (Wildman–Crippen MR) is 101 cm³/mol. The SMILES string of the molecule is COc1ccc(CNC(=O)C2CC(=O)N(c3cc(C)ccc3C)C2)cc1. The molecule has 0 aliphatic carbocycles. The third-order valence-corrected chi connectivity index (χ3v) is 4.78. The van der Waals surface area contributed by atoms with Gasteiger partial charge in [-0.1, -0.05) is 24.3 Å². The number of nitrogens with zero attached hydrogens (tertiary/aromatic N) is 1. The predicted octanol–water partition coefficient (Wildman–Crippen LogP) is 2.98. The van der Waals surface area contributed by atoms with Crippen LogP contribution in [0.4, 0.5) is 5.69 Å². The van der Waals surface area contributed by atoms with E-state index in [9.17, 15) is 9.59 Å². The first-order valence-electron chi connectivity index (χ1n) is 8.76. The summed E-state index contributed by atoms with van der Waals surface area (Å²) in [5.41, 5.74) is 4.05. The molecule has 1 heterocycles. The molecule has 2 aromatic carbocycles. The van der Waals surface area contributed by atoms with Gasteiger partial charge < -0.3 is 15.0 Å². The van der Waals surface area contributed by atoms with Crippen molar-refractivity contribution in [2.45, 2.75) is 26.8 Å². The molecule has 2 amide bonds. The van der Waals surface area contributed by atoms with Crippen LogP contribution in [0.15, 0.2) is 42.5 Å². The lowest BCUT2D eigenvalue weighted by Crippen LogP contribution is -2.32. The van der Waals surface area contributed by atoms with Crippen LogP contribution >= 0.6 is 0 Å². The number of hydrogen-bond donors (Lipinski definition) is 1. The fourth-order valence-electron chi connectivity index (χ4n) is 3.20. The Morgan fingerprint density at radius 1 is 1.19 bits per heavy atom. The highest BCUT2D eigenvalue weighted by Gasteiger charge is 2.35. The lowest BCUT2D eigenvalue weighted by atomic mass is 10.1. The third kappa shape index (κ3) is 3.87. The zero-order valence-electron chi connectivity index (χ0n) is 15.4. The second-order valence-corrected chi connectivity index (χ2v) is 6.76. The molecule has 5 nitrogen and oxygen atoms in total. The van der Waals surface area contributed by atoms with E-state index in [2.05, 4.69) is 5.32 Å². The fourth-order valence-corrected chi connectivity index (χ4v) is 3.20. The minimum atomic E-state index is -0.319. The lowest BCUT2D eigenvalue weighted by molar-refractivity contribution is -0.126. The van der Waals surface area contributed by atoms with Crippen molar-refractivity contribution in [3.63, 3.8) is 0 Å². The van der Waals surface area contributed by atoms with Crippen molar-refractivity contribution in [3.05, 3.63) is 59.2 Å². The van der Waals surface area contributed by atoms with Gasteiger partial charge in [-0.2, -0.15) is 0 Å². The minimum absolute atomic E-state index is 0.00305. The van der Waals surface area contributed by atoms with Gasteiger partial charge in [-0.15, -0.1) is 0 Å². The van der Waals surface area contributed by atoms with Gasteiger partial charge in [-0.3, -0.25) is 9.59 Å². The molecule has 2 aromatic rings. The Kier molecular flexibility index (Phi) is 5.26. The molecule has 136 valence electrons. The minimum Gasteiger partial charge on any atom is -0.497 e. The summed E-state index contributed by atoms with van der Waals surface area (Å²) < 4.78 is 5.13. The first-order chi connectivity index (χ1) is 12.5. The molecular formula is C21H24N2O3. The fraction of sp³-hybridized carbons (Fsp3) is 0.333. The van der Waals surface area contributed by atoms with Crippen LogP contribution in [0.25, 0.3) is 0 Å². The number of rotatable bonds is 5. The number of carbonyl (C=O) groups excluding carboxylic acids is 2. The van der Waals surface area contributed by atoms with Crippen LogP contribution in [0, 0.1) is 19.8 Å². The van der Waals surface area contributed by atoms with E-state index in [1.165, 1.54) is 0 Å². The van der Waals surface area contributed by atoms with Crippen molar-refractivity contribution in [1.82, 2.24) is 5.32 Å². The summed E-state index contributed by atoms with van der Waals surface area (Å²) in [5.74, 6) is 0.386. The Balaban J connectivity index is 1.62. The molecule has 0 aromatic heterocycles. The zero-order valence-corrected chi connectivity index (χ0v) is 15.4. The van der Waals surface area contributed by atoms with E-state index in [-0.39, 0.29) is 24.2 Å². The highest BCUT2D eigenvalue weighted by molar-refractivity contribution is 6.00. The molecule has 1 aliphatic heterocycles. The highest BCUT2D eigenvalue weighted by Crippen LogP contribution is 2.29. The molecule has 5 heteroatoms. The molecule has 3 rings (SSSR count). The Morgan fingerprint density at radius 3 is 2.62 bits per heavy atom. The molecule has 1 saturated heterocycles. The normalized spacial score (nSPS) is 16.7. The standard InChI is InChI=1S/C21H24N2O3/c1-14-4-5-15(2)19(10-14)23-13-17(11-20(23)24)21(25)22-12-16-6-8-18(26-3)9-7-16/h4-10,17H,11-13H2,1-3H3,(H,22,25). The second-order valence-electron chi connectivity index (χ2n) is 6.76. The molecule has 0 spiro atoms. The smallest absolute Gasteiger partial charge is 0.227 e. The Hall–Kier alpha value is -2.82. The molecule has 0 radical (unpaired) electrons. The van der Waals surface area contributed by atoms with Gasteiger partial charge in [-0.25, -0.2) is 0 Å². The monoisotopic (exact) mass is 352 g/mol. The van der Waals surface area contributed by atoms with E-state index < -0.39 is 0 Å². The summed E-state index contributed by atoms with van der Waals surface area (Å²) in [5, 5.41) is 2.94. The summed E-state index contributed by atoms with van der Waals surface area (Å²) in [6.07, 6.45) is 0.252. The number of ether oxygens (including phenoxy) is 1. The molecule has 1 fully saturated rings. The van der Waals surface area contributed by atoms with Gasteiger partial charge in [0.15, 0.2) is 0 Å². The van der Waals surface area contributed by atoms with Crippen molar-refractivity contribution in [1.29, 1.82) is 0 Å². The first kappa shape index (κ1) is 18.0. The number of nitrogens with one attached hydrogen (secondary N) is 1. The summed E-state index contributed by atoms with van der Waals surface area (Å²) in [4.78, 5) is 26.7. The van der Waals surface area contributed by atoms with Crippen LogP contribution in [0.1, 0.15) is 23.1 Å². The van der Waals surface area contributed by atoms with Crippen molar-refractivity contribution >= 4 is 17.5 Å². The summed E-state index contributed by atoms with van der Waals surface area (Å²) >= 11 is 0. The third-order valence-electron chi connectivity index (χ3n) is 4.78. The Morgan fingerprint density at radius 2 is 1.92 bits per heavy atom. The molecule has 1 unspecified atom stereocenters. The van der Waals surface area contributed by atoms with Gasteiger partial charge in [0, 0.05) is 25.2 Å². The van der Waals surface area contributed by atoms with Crippen molar-refractivity contribution in [3.8, 4) is 5.75 Å². The van der Waals surface area contributed by atoms with E-state index in [0.29, 0.717) is 13.1 Å². The van der Waals surface area contributed by atoms with Crippen molar-refractivity contribution < 1.29 is 14.3 Å². The average Bonchev–Trinajstić information content (AvgIpc) is 3.03. The van der Waals surface area contributed by atoms with Gasteiger partial charge in [-0.05, 0) is 48.7 Å². The summed E-state index contributed by atoms with van der Waals surface area (Å²) in [7, 11) is 1.62. The molecular weight excluding hydrogens is 328 g/mol. The number of hydrogen-bond acceptors (Lipinski definition) is 3. The Bertz CT molecular complexity index is 815. The average molecular weight is 352 g/mol. The first-order valence-corrected chi connectivity index (χ1v) is 8.76. The number of amides is 2. The lowest BCUT2D eigenvalue weighted by Gasteiger charge is -2.19. The largest absolute Gasteiger partial charge is 0.497 e. The summed E-state index contributed by atoms with van der Waals surface area (Å²) in [6, 6.07) is 13.6. The quantitative estimate of drug-likeness (QED) is 0.900.